The van der Waals surface area contributed by atoms with Crippen LogP contribution in [0.2, 0.25) is 10.0 Å². The second-order valence-electron chi connectivity index (χ2n) is 6.55. The van der Waals surface area contributed by atoms with Gasteiger partial charge in [0, 0.05) is 10.7 Å². The van der Waals surface area contributed by atoms with Crippen LogP contribution in [0.15, 0.2) is 77.9 Å². The van der Waals surface area contributed by atoms with Crippen LogP contribution in [-0.4, -0.2) is 17.5 Å². The minimum Gasteiger partial charge on any atom is -0.322 e. The maximum Gasteiger partial charge on any atom is 0.257 e. The third-order valence-corrected chi connectivity index (χ3v) is 4.82. The molecule has 0 aliphatic carbocycles. The summed E-state index contributed by atoms with van der Waals surface area (Å²) in [5, 5.41) is 7.70. The highest BCUT2D eigenvalue weighted by atomic mass is 35.5. The number of benzene rings is 3. The molecule has 0 aliphatic heterocycles. The van der Waals surface area contributed by atoms with Crippen LogP contribution in [0.3, 0.4) is 0 Å². The molecule has 0 unspecified atom stereocenters. The lowest BCUT2D eigenvalue weighted by Gasteiger charge is -2.09. The predicted octanol–water partition coefficient (Wildman–Crippen LogP) is 5.33. The van der Waals surface area contributed by atoms with E-state index in [0.29, 0.717) is 22.0 Å². The van der Waals surface area contributed by atoms with E-state index in [2.05, 4.69) is 15.8 Å². The fourth-order valence-electron chi connectivity index (χ4n) is 2.73. The predicted molar refractivity (Wildman–Crippen MR) is 121 cm³/mol. The Morgan fingerprint density at radius 1 is 0.933 bits per heavy atom. The lowest BCUT2D eigenvalue weighted by molar-refractivity contribution is -0.120. The van der Waals surface area contributed by atoms with Crippen LogP contribution in [-0.2, 0) is 11.2 Å². The van der Waals surface area contributed by atoms with Crippen LogP contribution in [0.25, 0.3) is 0 Å². The molecule has 5 nitrogen and oxygen atoms in total. The fraction of sp³-hybridized carbons (Fsp3) is 0.0870. The zero-order chi connectivity index (χ0) is 21.5. The van der Waals surface area contributed by atoms with Crippen molar-refractivity contribution in [3.05, 3.63) is 99.5 Å². The highest BCUT2D eigenvalue weighted by Crippen LogP contribution is 2.22. The standard InChI is InChI=1S/C23H19Cl2N3O2/c1-15(27-28-22(29)12-16-6-3-2-4-7-16)17-8-5-9-19(13-17)26-23(30)20-11-10-18(24)14-21(20)25/h2-11,13-14H,12H2,1H3,(H,26,30)(H,28,29)/b27-15-. The van der Waals surface area contributed by atoms with Crippen LogP contribution in [0, 0.1) is 0 Å². The summed E-state index contributed by atoms with van der Waals surface area (Å²) in [6.07, 6.45) is 0.246. The van der Waals surface area contributed by atoms with Crippen LogP contribution in [0.4, 0.5) is 5.69 Å². The van der Waals surface area contributed by atoms with Gasteiger partial charge in [-0.3, -0.25) is 9.59 Å². The second-order valence-corrected chi connectivity index (χ2v) is 7.40. The highest BCUT2D eigenvalue weighted by molar-refractivity contribution is 6.37. The Morgan fingerprint density at radius 3 is 2.43 bits per heavy atom. The van der Waals surface area contributed by atoms with Crippen LogP contribution in [0.1, 0.15) is 28.4 Å². The van der Waals surface area contributed by atoms with Crippen LogP contribution < -0.4 is 10.7 Å². The topological polar surface area (TPSA) is 70.6 Å². The number of halogens is 2. The van der Waals surface area contributed by atoms with E-state index in [4.69, 9.17) is 23.2 Å². The SMILES string of the molecule is C/C(=N/NC(=O)Cc1ccccc1)c1cccc(NC(=O)c2ccc(Cl)cc2Cl)c1. The van der Waals surface area contributed by atoms with Crippen LogP contribution in [0.5, 0.6) is 0 Å². The molecule has 0 fully saturated rings. The van der Waals surface area contributed by atoms with Crippen molar-refractivity contribution in [2.75, 3.05) is 5.32 Å². The molecule has 3 rings (SSSR count). The van der Waals surface area contributed by atoms with Crippen molar-refractivity contribution in [2.45, 2.75) is 13.3 Å². The first-order valence-corrected chi connectivity index (χ1v) is 9.92. The summed E-state index contributed by atoms with van der Waals surface area (Å²) in [6, 6.07) is 21.3. The molecule has 0 bridgehead atoms. The van der Waals surface area contributed by atoms with Gasteiger partial charge < -0.3 is 5.32 Å². The van der Waals surface area contributed by atoms with Gasteiger partial charge in [-0.05, 0) is 48.4 Å². The van der Waals surface area contributed by atoms with E-state index in [1.165, 1.54) is 6.07 Å². The van der Waals surface area contributed by atoms with Crippen molar-refractivity contribution in [2.24, 2.45) is 5.10 Å². The molecule has 0 atom stereocenters. The van der Waals surface area contributed by atoms with Gasteiger partial charge in [0.25, 0.3) is 5.91 Å². The van der Waals surface area contributed by atoms with Gasteiger partial charge in [0.2, 0.25) is 5.91 Å². The molecule has 152 valence electrons. The number of amides is 2. The van der Waals surface area contributed by atoms with E-state index in [9.17, 15) is 9.59 Å². The minimum atomic E-state index is -0.348. The average molecular weight is 440 g/mol. The molecule has 3 aromatic rings. The van der Waals surface area contributed by atoms with Crippen molar-refractivity contribution in [3.63, 3.8) is 0 Å². The van der Waals surface area contributed by atoms with Crippen molar-refractivity contribution in [3.8, 4) is 0 Å². The molecule has 0 radical (unpaired) electrons. The van der Waals surface area contributed by atoms with Gasteiger partial charge in [-0.2, -0.15) is 5.10 Å². The molecule has 2 N–H and O–H groups in total. The number of hydrogen-bond acceptors (Lipinski definition) is 3. The molecule has 0 spiro atoms. The Labute approximate surface area is 184 Å². The van der Waals surface area contributed by atoms with Gasteiger partial charge in [0.05, 0.1) is 22.7 Å². The minimum absolute atomic E-state index is 0.206. The van der Waals surface area contributed by atoms with E-state index in [1.54, 1.807) is 37.3 Å². The highest BCUT2D eigenvalue weighted by Gasteiger charge is 2.11. The molecule has 7 heteroatoms. The molecule has 0 saturated carbocycles. The molecular weight excluding hydrogens is 421 g/mol. The number of nitrogens with zero attached hydrogens (tertiary/aromatic N) is 1. The van der Waals surface area contributed by atoms with Crippen molar-refractivity contribution in [1.82, 2.24) is 5.43 Å². The zero-order valence-electron chi connectivity index (χ0n) is 16.2. The molecular formula is C23H19Cl2N3O2. The lowest BCUT2D eigenvalue weighted by atomic mass is 10.1. The summed E-state index contributed by atoms with van der Waals surface area (Å²) >= 11 is 12.0. The third-order valence-electron chi connectivity index (χ3n) is 4.27. The van der Waals surface area contributed by atoms with Gasteiger partial charge in [-0.1, -0.05) is 65.7 Å². The Bertz CT molecular complexity index is 1100. The van der Waals surface area contributed by atoms with Crippen molar-refractivity contribution < 1.29 is 9.59 Å². The summed E-state index contributed by atoms with van der Waals surface area (Å²) in [7, 11) is 0. The van der Waals surface area contributed by atoms with Gasteiger partial charge in [0.1, 0.15) is 0 Å². The van der Waals surface area contributed by atoms with E-state index in [0.717, 1.165) is 11.1 Å². The summed E-state index contributed by atoms with van der Waals surface area (Å²) in [5.74, 6) is -0.554. The number of anilines is 1. The van der Waals surface area contributed by atoms with Crippen molar-refractivity contribution >= 4 is 46.4 Å². The zero-order valence-corrected chi connectivity index (χ0v) is 17.7. The Kier molecular flexibility index (Phi) is 7.22. The van der Waals surface area contributed by atoms with Crippen LogP contribution >= 0.6 is 23.2 Å². The lowest BCUT2D eigenvalue weighted by Crippen LogP contribution is -2.21. The number of rotatable bonds is 6. The maximum absolute atomic E-state index is 12.5. The Morgan fingerprint density at radius 2 is 1.70 bits per heavy atom. The van der Waals surface area contributed by atoms with Gasteiger partial charge in [-0.15, -0.1) is 0 Å². The van der Waals surface area contributed by atoms with Gasteiger partial charge in [0.15, 0.2) is 0 Å². The molecule has 0 heterocycles. The first-order chi connectivity index (χ1) is 14.4. The van der Waals surface area contributed by atoms with Crippen molar-refractivity contribution in [1.29, 1.82) is 0 Å². The summed E-state index contributed by atoms with van der Waals surface area (Å²) < 4.78 is 0. The maximum atomic E-state index is 12.5. The monoisotopic (exact) mass is 439 g/mol. The quantitative estimate of drug-likeness (QED) is 0.402. The Hall–Kier alpha value is -3.15. The first kappa shape index (κ1) is 21.6. The number of carbonyl (C=O) groups excluding carboxylic acids is 2. The molecule has 0 aliphatic rings. The number of nitrogens with one attached hydrogen (secondary N) is 2. The largest absolute Gasteiger partial charge is 0.322 e. The van der Waals surface area contributed by atoms with E-state index in [-0.39, 0.29) is 23.3 Å². The van der Waals surface area contributed by atoms with E-state index >= 15 is 0 Å². The number of hydrazone groups is 1. The smallest absolute Gasteiger partial charge is 0.257 e. The number of hydrogen-bond donors (Lipinski definition) is 2. The summed E-state index contributed by atoms with van der Waals surface area (Å²) in [5.41, 5.74) is 5.74. The first-order valence-electron chi connectivity index (χ1n) is 9.16. The van der Waals surface area contributed by atoms with Gasteiger partial charge in [-0.25, -0.2) is 5.43 Å². The molecule has 0 saturated heterocycles. The van der Waals surface area contributed by atoms with E-state index < -0.39 is 0 Å². The molecule has 0 aromatic heterocycles. The van der Waals surface area contributed by atoms with Gasteiger partial charge >= 0.3 is 0 Å². The third kappa shape index (κ3) is 5.92. The molecule has 30 heavy (non-hydrogen) atoms. The fourth-order valence-corrected chi connectivity index (χ4v) is 3.22. The Balaban J connectivity index is 1.65. The second kappa shape index (κ2) is 10.1. The molecule has 2 amide bonds. The normalized spacial score (nSPS) is 11.1. The number of carbonyl (C=O) groups is 2. The summed E-state index contributed by atoms with van der Waals surface area (Å²) in [6.45, 7) is 1.78. The summed E-state index contributed by atoms with van der Waals surface area (Å²) in [4.78, 5) is 24.6. The van der Waals surface area contributed by atoms with E-state index in [1.807, 2.05) is 36.4 Å². The molecule has 3 aromatic carbocycles. The average Bonchev–Trinajstić information content (AvgIpc) is 2.73.